The predicted molar refractivity (Wildman–Crippen MR) is 147 cm³/mol. The molecule has 2 aromatic carbocycles. The van der Waals surface area contributed by atoms with Gasteiger partial charge in [-0.3, -0.25) is 15.0 Å². The number of ether oxygens (including phenoxy) is 2. The molecule has 0 aromatic heterocycles. The Morgan fingerprint density at radius 1 is 1.15 bits per heavy atom. The quantitative estimate of drug-likeness (QED) is 0.179. The van der Waals surface area contributed by atoms with Crippen LogP contribution in [0.3, 0.4) is 0 Å². The molecule has 2 amide bonds. The predicted octanol–water partition coefficient (Wildman–Crippen LogP) is 6.73. The Balaban J connectivity index is 1.78. The summed E-state index contributed by atoms with van der Waals surface area (Å²) in [5, 5.41) is 1.10. The molecule has 1 N–H and O–H groups in total. The fourth-order valence-electron chi connectivity index (χ4n) is 3.08. The summed E-state index contributed by atoms with van der Waals surface area (Å²) in [5.74, 6) is 0.425. The number of halogens is 2. The Kier molecular flexibility index (Phi) is 9.99. The Hall–Kier alpha value is -1.88. The molecule has 0 aliphatic carbocycles. The summed E-state index contributed by atoms with van der Waals surface area (Å²) < 4.78 is 13.6. The highest BCUT2D eigenvalue weighted by Gasteiger charge is 2.34. The average molecular weight is 628 g/mol. The van der Waals surface area contributed by atoms with Gasteiger partial charge in [-0.25, -0.2) is 0 Å². The van der Waals surface area contributed by atoms with E-state index < -0.39 is 11.8 Å². The van der Waals surface area contributed by atoms with Crippen LogP contribution < -0.4 is 14.9 Å². The molecule has 0 saturated carbocycles. The van der Waals surface area contributed by atoms with Gasteiger partial charge in [0.1, 0.15) is 0 Å². The van der Waals surface area contributed by atoms with Crippen molar-refractivity contribution in [1.82, 2.24) is 10.4 Å². The molecular formula is C24H24Br2N2O4S2. The largest absolute Gasteiger partial charge is 0.490 e. The maximum atomic E-state index is 13.0. The monoisotopic (exact) mass is 626 g/mol. The zero-order chi connectivity index (χ0) is 24.7. The van der Waals surface area contributed by atoms with Crippen LogP contribution >= 0.6 is 55.8 Å². The number of carbonyl (C=O) groups excluding carboxylic acids is 2. The second-order valence-corrected chi connectivity index (χ2v) is 10.7. The lowest BCUT2D eigenvalue weighted by atomic mass is 10.2. The highest BCUT2D eigenvalue weighted by molar-refractivity contribution is 9.10. The summed E-state index contributed by atoms with van der Waals surface area (Å²) in [4.78, 5) is 25.9. The highest BCUT2D eigenvalue weighted by atomic mass is 79.9. The molecule has 10 heteroatoms. The maximum absolute atomic E-state index is 13.0. The van der Waals surface area contributed by atoms with Crippen LogP contribution in [0.4, 0.5) is 0 Å². The first-order chi connectivity index (χ1) is 16.3. The maximum Gasteiger partial charge on any atom is 0.285 e. The van der Waals surface area contributed by atoms with Crippen molar-refractivity contribution in [1.29, 1.82) is 0 Å². The molecule has 6 nitrogen and oxygen atoms in total. The number of thioether (sulfide) groups is 1. The topological polar surface area (TPSA) is 67.9 Å². The number of amides is 2. The van der Waals surface area contributed by atoms with Gasteiger partial charge in [-0.1, -0.05) is 47.5 Å². The van der Waals surface area contributed by atoms with Gasteiger partial charge < -0.3 is 9.47 Å². The SMILES string of the molecule is CCCCCOc1c(Br)cc(/C=C2\SC(=S)N(NC(=O)c3ccc(Br)cc3)C2=O)cc1OCC. The van der Waals surface area contributed by atoms with Crippen LogP contribution in [0.1, 0.15) is 49.0 Å². The van der Waals surface area contributed by atoms with E-state index in [0.29, 0.717) is 35.2 Å². The number of unbranched alkanes of at least 4 members (excludes halogenated alkanes) is 2. The van der Waals surface area contributed by atoms with Gasteiger partial charge in [0.05, 0.1) is 22.6 Å². The van der Waals surface area contributed by atoms with E-state index in [9.17, 15) is 9.59 Å². The van der Waals surface area contributed by atoms with Crippen LogP contribution in [-0.2, 0) is 4.79 Å². The molecule has 0 spiro atoms. The zero-order valence-corrected chi connectivity index (χ0v) is 23.5. The molecule has 1 heterocycles. The van der Waals surface area contributed by atoms with Crippen molar-refractivity contribution >= 4 is 78.1 Å². The van der Waals surface area contributed by atoms with Crippen LogP contribution in [0.5, 0.6) is 11.5 Å². The molecule has 0 unspecified atom stereocenters. The summed E-state index contributed by atoms with van der Waals surface area (Å²) in [5.41, 5.74) is 3.75. The number of nitrogens with one attached hydrogen (secondary N) is 1. The molecule has 1 fully saturated rings. The molecular weight excluding hydrogens is 604 g/mol. The lowest BCUT2D eigenvalue weighted by molar-refractivity contribution is -0.123. The van der Waals surface area contributed by atoms with E-state index in [1.807, 2.05) is 19.1 Å². The van der Waals surface area contributed by atoms with Crippen LogP contribution in [0.15, 0.2) is 50.2 Å². The Labute approximate surface area is 225 Å². The van der Waals surface area contributed by atoms with Gasteiger partial charge in [-0.2, -0.15) is 5.01 Å². The van der Waals surface area contributed by atoms with Gasteiger partial charge in [0, 0.05) is 10.0 Å². The second kappa shape index (κ2) is 12.7. The van der Waals surface area contributed by atoms with Crippen LogP contribution in [0, 0.1) is 0 Å². The van der Waals surface area contributed by atoms with Crippen molar-refractivity contribution in [3.63, 3.8) is 0 Å². The summed E-state index contributed by atoms with van der Waals surface area (Å²) >= 11 is 13.4. The van der Waals surface area contributed by atoms with E-state index in [2.05, 4.69) is 44.2 Å². The summed E-state index contributed by atoms with van der Waals surface area (Å²) in [6.07, 6.45) is 4.90. The van der Waals surface area contributed by atoms with Crippen molar-refractivity contribution in [3.8, 4) is 11.5 Å². The first kappa shape index (κ1) is 26.7. The van der Waals surface area contributed by atoms with Crippen molar-refractivity contribution in [2.24, 2.45) is 0 Å². The lowest BCUT2D eigenvalue weighted by Crippen LogP contribution is -2.44. The van der Waals surface area contributed by atoms with Gasteiger partial charge >= 0.3 is 0 Å². The number of carbonyl (C=O) groups is 2. The second-order valence-electron chi connectivity index (χ2n) is 7.28. The van der Waals surface area contributed by atoms with E-state index in [1.165, 1.54) is 0 Å². The highest BCUT2D eigenvalue weighted by Crippen LogP contribution is 2.39. The molecule has 0 radical (unpaired) electrons. The molecule has 34 heavy (non-hydrogen) atoms. The molecule has 1 saturated heterocycles. The van der Waals surface area contributed by atoms with Gasteiger partial charge in [-0.15, -0.1) is 0 Å². The third-order valence-electron chi connectivity index (χ3n) is 4.74. The summed E-state index contributed by atoms with van der Waals surface area (Å²) in [6, 6.07) is 10.5. The fourth-order valence-corrected chi connectivity index (χ4v) is 5.10. The number of benzene rings is 2. The minimum Gasteiger partial charge on any atom is -0.490 e. The number of hydrogen-bond donors (Lipinski definition) is 1. The minimum atomic E-state index is -0.420. The Morgan fingerprint density at radius 3 is 2.56 bits per heavy atom. The van der Waals surface area contributed by atoms with Crippen molar-refractivity contribution in [3.05, 3.63) is 61.4 Å². The molecule has 1 aliphatic rings. The molecule has 0 atom stereocenters. The first-order valence-corrected chi connectivity index (χ1v) is 13.6. The standard InChI is InChI=1S/C24H24Br2N2O4S2/c1-3-5-6-11-32-21-18(26)12-15(13-19(21)31-4-2)14-20-23(30)28(24(33)34-20)27-22(29)16-7-9-17(25)10-8-16/h7-10,12-14H,3-6,11H2,1-2H3,(H,27,29)/b20-14-. The Morgan fingerprint density at radius 2 is 1.88 bits per heavy atom. The van der Waals surface area contributed by atoms with E-state index in [1.54, 1.807) is 30.3 Å². The van der Waals surface area contributed by atoms with Gasteiger partial charge in [0.25, 0.3) is 11.8 Å². The lowest BCUT2D eigenvalue weighted by Gasteiger charge is -2.16. The number of hydrazine groups is 1. The average Bonchev–Trinajstić information content (AvgIpc) is 3.06. The van der Waals surface area contributed by atoms with Crippen LogP contribution in [0.25, 0.3) is 6.08 Å². The number of nitrogens with zero attached hydrogens (tertiary/aromatic N) is 1. The van der Waals surface area contributed by atoms with E-state index in [4.69, 9.17) is 21.7 Å². The van der Waals surface area contributed by atoms with E-state index in [-0.39, 0.29) is 4.32 Å². The fraction of sp³-hybridized carbons (Fsp3) is 0.292. The normalized spacial score (nSPS) is 14.6. The van der Waals surface area contributed by atoms with E-state index >= 15 is 0 Å². The minimum absolute atomic E-state index is 0.252. The first-order valence-electron chi connectivity index (χ1n) is 10.8. The Bertz CT molecular complexity index is 1110. The zero-order valence-electron chi connectivity index (χ0n) is 18.7. The molecule has 0 bridgehead atoms. The number of hydrogen-bond acceptors (Lipinski definition) is 6. The third-order valence-corrected chi connectivity index (χ3v) is 7.16. The van der Waals surface area contributed by atoms with Gasteiger partial charge in [-0.05, 0) is 89.5 Å². The van der Waals surface area contributed by atoms with Crippen molar-refractivity contribution in [2.75, 3.05) is 13.2 Å². The molecule has 180 valence electrons. The van der Waals surface area contributed by atoms with Crippen molar-refractivity contribution < 1.29 is 19.1 Å². The smallest absolute Gasteiger partial charge is 0.285 e. The van der Waals surface area contributed by atoms with Crippen LogP contribution in [-0.4, -0.2) is 34.4 Å². The molecule has 2 aromatic rings. The van der Waals surface area contributed by atoms with Crippen LogP contribution in [0.2, 0.25) is 0 Å². The number of thiocarbonyl (C=S) groups is 1. The summed E-state index contributed by atoms with van der Waals surface area (Å²) in [6.45, 7) is 5.12. The van der Waals surface area contributed by atoms with Gasteiger partial charge in [0.15, 0.2) is 15.8 Å². The van der Waals surface area contributed by atoms with Crippen molar-refractivity contribution in [2.45, 2.75) is 33.1 Å². The third kappa shape index (κ3) is 6.84. The molecule has 1 aliphatic heterocycles. The van der Waals surface area contributed by atoms with E-state index in [0.717, 1.165) is 50.5 Å². The van der Waals surface area contributed by atoms with Gasteiger partial charge in [0.2, 0.25) is 0 Å². The number of rotatable bonds is 10. The molecule has 3 rings (SSSR count). The summed E-state index contributed by atoms with van der Waals surface area (Å²) in [7, 11) is 0.